The van der Waals surface area contributed by atoms with E-state index in [2.05, 4.69) is 23.5 Å². The highest BCUT2D eigenvalue weighted by Crippen LogP contribution is 2.40. The second-order valence-electron chi connectivity index (χ2n) is 4.47. The van der Waals surface area contributed by atoms with Crippen molar-refractivity contribution in [2.24, 2.45) is 0 Å². The van der Waals surface area contributed by atoms with E-state index in [-0.39, 0.29) is 0 Å². The Labute approximate surface area is 102 Å². The van der Waals surface area contributed by atoms with Crippen molar-refractivity contribution in [3.63, 3.8) is 0 Å². The molecule has 1 N–H and O–H groups in total. The SMILES string of the molecule is COc1ccccc1C1CC(NCCC#N)C1. The van der Waals surface area contributed by atoms with Crippen LogP contribution < -0.4 is 10.1 Å². The molecular formula is C14H18N2O. The third-order valence-electron chi connectivity index (χ3n) is 3.39. The van der Waals surface area contributed by atoms with Crippen LogP contribution in [0.25, 0.3) is 0 Å². The van der Waals surface area contributed by atoms with Gasteiger partial charge in [0, 0.05) is 19.0 Å². The van der Waals surface area contributed by atoms with Gasteiger partial charge in [0.15, 0.2) is 0 Å². The van der Waals surface area contributed by atoms with Crippen molar-refractivity contribution in [1.82, 2.24) is 5.32 Å². The van der Waals surface area contributed by atoms with Crippen LogP contribution in [-0.2, 0) is 0 Å². The van der Waals surface area contributed by atoms with Gasteiger partial charge in [-0.2, -0.15) is 5.26 Å². The lowest BCUT2D eigenvalue weighted by molar-refractivity contribution is 0.285. The molecule has 1 aliphatic carbocycles. The van der Waals surface area contributed by atoms with E-state index < -0.39 is 0 Å². The minimum Gasteiger partial charge on any atom is -0.496 e. The van der Waals surface area contributed by atoms with Gasteiger partial charge in [-0.05, 0) is 30.4 Å². The average Bonchev–Trinajstić information content (AvgIpc) is 2.32. The number of methoxy groups -OCH3 is 1. The summed E-state index contributed by atoms with van der Waals surface area (Å²) >= 11 is 0. The van der Waals surface area contributed by atoms with Crippen molar-refractivity contribution >= 4 is 0 Å². The number of benzene rings is 1. The Hall–Kier alpha value is -1.53. The van der Waals surface area contributed by atoms with E-state index in [1.807, 2.05) is 12.1 Å². The normalized spacial score (nSPS) is 22.6. The highest BCUT2D eigenvalue weighted by molar-refractivity contribution is 5.37. The first-order valence-corrected chi connectivity index (χ1v) is 6.08. The summed E-state index contributed by atoms with van der Waals surface area (Å²) in [6.07, 6.45) is 2.88. The van der Waals surface area contributed by atoms with Gasteiger partial charge in [0.1, 0.15) is 5.75 Å². The molecule has 0 unspecified atom stereocenters. The molecule has 0 radical (unpaired) electrons. The van der Waals surface area contributed by atoms with Crippen LogP contribution in [0.5, 0.6) is 5.75 Å². The molecule has 17 heavy (non-hydrogen) atoms. The Balaban J connectivity index is 1.85. The van der Waals surface area contributed by atoms with Gasteiger partial charge < -0.3 is 10.1 Å². The fourth-order valence-corrected chi connectivity index (χ4v) is 2.37. The molecule has 0 saturated heterocycles. The van der Waals surface area contributed by atoms with Gasteiger partial charge in [-0.15, -0.1) is 0 Å². The van der Waals surface area contributed by atoms with Crippen LogP contribution in [0.15, 0.2) is 24.3 Å². The molecule has 1 aliphatic rings. The molecule has 1 aromatic carbocycles. The molecule has 3 heteroatoms. The van der Waals surface area contributed by atoms with Crippen LogP contribution in [0.2, 0.25) is 0 Å². The van der Waals surface area contributed by atoms with E-state index in [0.717, 1.165) is 25.1 Å². The minimum atomic E-state index is 0.568. The zero-order valence-corrected chi connectivity index (χ0v) is 10.1. The van der Waals surface area contributed by atoms with Crippen molar-refractivity contribution in [3.05, 3.63) is 29.8 Å². The number of nitrogens with zero attached hydrogens (tertiary/aromatic N) is 1. The number of nitrogens with one attached hydrogen (secondary N) is 1. The Morgan fingerprint density at radius 3 is 2.88 bits per heavy atom. The third kappa shape index (κ3) is 2.78. The molecule has 3 nitrogen and oxygen atoms in total. The maximum Gasteiger partial charge on any atom is 0.122 e. The molecule has 0 amide bonds. The lowest BCUT2D eigenvalue weighted by atomic mass is 9.75. The smallest absolute Gasteiger partial charge is 0.122 e. The van der Waals surface area contributed by atoms with Crippen LogP contribution in [0.4, 0.5) is 0 Å². The van der Waals surface area contributed by atoms with E-state index >= 15 is 0 Å². The topological polar surface area (TPSA) is 45.0 Å². The lowest BCUT2D eigenvalue weighted by Crippen LogP contribution is -2.40. The molecule has 1 fully saturated rings. The predicted molar refractivity (Wildman–Crippen MR) is 67.0 cm³/mol. The first-order chi connectivity index (χ1) is 8.35. The second kappa shape index (κ2) is 5.70. The summed E-state index contributed by atoms with van der Waals surface area (Å²) in [6, 6.07) is 11.0. The van der Waals surface area contributed by atoms with E-state index in [1.54, 1.807) is 7.11 Å². The van der Waals surface area contributed by atoms with Crippen molar-refractivity contribution in [1.29, 1.82) is 5.26 Å². The average molecular weight is 230 g/mol. The zero-order valence-electron chi connectivity index (χ0n) is 10.1. The number of ether oxygens (including phenoxy) is 1. The minimum absolute atomic E-state index is 0.568. The summed E-state index contributed by atoms with van der Waals surface area (Å²) in [7, 11) is 1.72. The fourth-order valence-electron chi connectivity index (χ4n) is 2.37. The lowest BCUT2D eigenvalue weighted by Gasteiger charge is -2.36. The van der Waals surface area contributed by atoms with Crippen molar-refractivity contribution in [2.75, 3.05) is 13.7 Å². The van der Waals surface area contributed by atoms with Crippen LogP contribution in [-0.4, -0.2) is 19.7 Å². The summed E-state index contributed by atoms with van der Waals surface area (Å²) in [4.78, 5) is 0. The predicted octanol–water partition coefficient (Wildman–Crippen LogP) is 2.44. The van der Waals surface area contributed by atoms with Gasteiger partial charge in [-0.25, -0.2) is 0 Å². The molecule has 2 rings (SSSR count). The molecule has 90 valence electrons. The Morgan fingerprint density at radius 1 is 1.41 bits per heavy atom. The summed E-state index contributed by atoms with van der Waals surface area (Å²) in [6.45, 7) is 0.805. The number of hydrogen-bond donors (Lipinski definition) is 1. The standard InChI is InChI=1S/C14H18N2O/c1-17-14-6-3-2-5-13(14)11-9-12(10-11)16-8-4-7-15/h2-3,5-6,11-12,16H,4,8-10H2,1H3. The maximum atomic E-state index is 8.46. The van der Waals surface area contributed by atoms with Crippen LogP contribution in [0, 0.1) is 11.3 Å². The van der Waals surface area contributed by atoms with Gasteiger partial charge in [-0.3, -0.25) is 0 Å². The molecule has 1 saturated carbocycles. The largest absolute Gasteiger partial charge is 0.496 e. The molecule has 0 atom stereocenters. The quantitative estimate of drug-likeness (QED) is 0.790. The Kier molecular flexibility index (Phi) is 4.00. The van der Waals surface area contributed by atoms with E-state index in [4.69, 9.17) is 10.00 Å². The molecule has 0 spiro atoms. The number of para-hydroxylation sites is 1. The van der Waals surface area contributed by atoms with Crippen molar-refractivity contribution < 1.29 is 4.74 Å². The van der Waals surface area contributed by atoms with Gasteiger partial charge in [0.25, 0.3) is 0 Å². The molecular weight excluding hydrogens is 212 g/mol. The summed E-state index contributed by atoms with van der Waals surface area (Å²) in [5.74, 6) is 1.60. The first kappa shape index (κ1) is 11.9. The Morgan fingerprint density at radius 2 is 2.18 bits per heavy atom. The molecule has 1 aromatic rings. The summed E-state index contributed by atoms with van der Waals surface area (Å²) < 4.78 is 5.37. The van der Waals surface area contributed by atoms with Gasteiger partial charge in [-0.1, -0.05) is 18.2 Å². The number of nitriles is 1. The van der Waals surface area contributed by atoms with Gasteiger partial charge in [0.2, 0.25) is 0 Å². The second-order valence-corrected chi connectivity index (χ2v) is 4.47. The summed E-state index contributed by atoms with van der Waals surface area (Å²) in [5, 5.41) is 11.9. The fraction of sp³-hybridized carbons (Fsp3) is 0.500. The van der Waals surface area contributed by atoms with E-state index in [1.165, 1.54) is 5.56 Å². The third-order valence-corrected chi connectivity index (χ3v) is 3.39. The Bertz CT molecular complexity index is 405. The molecule has 0 heterocycles. The summed E-state index contributed by atoms with van der Waals surface area (Å²) in [5.41, 5.74) is 1.31. The zero-order chi connectivity index (χ0) is 12.1. The van der Waals surface area contributed by atoms with Crippen molar-refractivity contribution in [2.45, 2.75) is 31.2 Å². The van der Waals surface area contributed by atoms with Crippen LogP contribution in [0.3, 0.4) is 0 Å². The molecule has 0 aliphatic heterocycles. The number of hydrogen-bond acceptors (Lipinski definition) is 3. The highest BCUT2D eigenvalue weighted by Gasteiger charge is 2.31. The van der Waals surface area contributed by atoms with E-state index in [9.17, 15) is 0 Å². The first-order valence-electron chi connectivity index (χ1n) is 6.08. The van der Waals surface area contributed by atoms with Gasteiger partial charge >= 0.3 is 0 Å². The van der Waals surface area contributed by atoms with Crippen LogP contribution >= 0.6 is 0 Å². The van der Waals surface area contributed by atoms with Crippen LogP contribution in [0.1, 0.15) is 30.7 Å². The molecule has 0 bridgehead atoms. The highest BCUT2D eigenvalue weighted by atomic mass is 16.5. The van der Waals surface area contributed by atoms with E-state index in [0.29, 0.717) is 18.4 Å². The van der Waals surface area contributed by atoms with Crippen molar-refractivity contribution in [3.8, 4) is 11.8 Å². The molecule has 0 aromatic heterocycles. The maximum absolute atomic E-state index is 8.46. The monoisotopic (exact) mass is 230 g/mol. The van der Waals surface area contributed by atoms with Gasteiger partial charge in [0.05, 0.1) is 13.2 Å². The number of rotatable bonds is 5.